The van der Waals surface area contributed by atoms with Crippen LogP contribution in [-0.2, 0) is 24.1 Å². The van der Waals surface area contributed by atoms with Gasteiger partial charge in [0.15, 0.2) is 8.32 Å². The van der Waals surface area contributed by atoms with Gasteiger partial charge in [0.05, 0.1) is 12.2 Å². The molecule has 43 heavy (non-hydrogen) atoms. The van der Waals surface area contributed by atoms with E-state index in [1.807, 2.05) is 28.9 Å². The summed E-state index contributed by atoms with van der Waals surface area (Å²) in [7, 11) is -1.83. The van der Waals surface area contributed by atoms with Crippen LogP contribution in [0.25, 0.3) is 22.4 Å². The fourth-order valence-electron chi connectivity index (χ4n) is 5.16. The molecule has 6 nitrogen and oxygen atoms in total. The summed E-state index contributed by atoms with van der Waals surface area (Å²) in [5.41, 5.74) is 6.41. The Morgan fingerprint density at radius 2 is 1.70 bits per heavy atom. The molecule has 0 radical (unpaired) electrons. The number of hydrogen-bond acceptors (Lipinski definition) is 5. The molecular formula is C35H45FN4O2Si. The van der Waals surface area contributed by atoms with E-state index in [0.29, 0.717) is 37.0 Å². The lowest BCUT2D eigenvalue weighted by molar-refractivity contribution is 0.166. The van der Waals surface area contributed by atoms with Gasteiger partial charge in [-0.05, 0) is 59.4 Å². The molecule has 2 aromatic carbocycles. The van der Waals surface area contributed by atoms with Gasteiger partial charge in [-0.3, -0.25) is 14.6 Å². The first-order valence-electron chi connectivity index (χ1n) is 15.3. The van der Waals surface area contributed by atoms with Crippen molar-refractivity contribution in [2.45, 2.75) is 78.4 Å². The number of halogens is 1. The van der Waals surface area contributed by atoms with Crippen LogP contribution in [0.1, 0.15) is 57.4 Å². The van der Waals surface area contributed by atoms with Gasteiger partial charge in [0, 0.05) is 61.4 Å². The van der Waals surface area contributed by atoms with Crippen molar-refractivity contribution in [3.05, 3.63) is 89.6 Å². The van der Waals surface area contributed by atoms with E-state index in [4.69, 9.17) is 14.3 Å². The molecule has 0 saturated heterocycles. The standard InChI is InChI=1S/C35H45FN4O2Si/c1-25(2)27-10-8-26(9-11-27)24-41-29-12-13-30(31(36)22-29)33-32-23-39(20-21-42-43(6,7)35(3,4)5)18-19-40(32)38-34(33)28-14-16-37-17-15-28/h8-17,22,25H,18-21,23-24H2,1-7H3. The highest BCUT2D eigenvalue weighted by Crippen LogP contribution is 2.39. The molecule has 0 N–H and O–H groups in total. The topological polar surface area (TPSA) is 52.4 Å². The summed E-state index contributed by atoms with van der Waals surface area (Å²) >= 11 is 0. The molecule has 0 saturated carbocycles. The van der Waals surface area contributed by atoms with Gasteiger partial charge in [-0.25, -0.2) is 4.39 Å². The Balaban J connectivity index is 1.38. The minimum Gasteiger partial charge on any atom is -0.489 e. The fourth-order valence-corrected chi connectivity index (χ4v) is 6.19. The van der Waals surface area contributed by atoms with Crippen LogP contribution in [0.3, 0.4) is 0 Å². The normalized spacial score (nSPS) is 14.3. The van der Waals surface area contributed by atoms with Crippen molar-refractivity contribution in [2.75, 3.05) is 19.7 Å². The second-order valence-electron chi connectivity index (χ2n) is 13.3. The Kier molecular flexibility index (Phi) is 9.20. The van der Waals surface area contributed by atoms with Crippen LogP contribution in [0.5, 0.6) is 5.75 Å². The van der Waals surface area contributed by atoms with E-state index in [1.165, 1.54) is 11.6 Å². The second-order valence-corrected chi connectivity index (χ2v) is 18.2. The number of nitrogens with zero attached hydrogens (tertiary/aromatic N) is 4. The lowest BCUT2D eigenvalue weighted by Gasteiger charge is -2.37. The van der Waals surface area contributed by atoms with Crippen LogP contribution >= 0.6 is 0 Å². The Hall–Kier alpha value is -3.33. The highest BCUT2D eigenvalue weighted by atomic mass is 28.4. The number of hydrogen-bond donors (Lipinski definition) is 0. The molecule has 0 spiro atoms. The van der Waals surface area contributed by atoms with E-state index in [2.05, 4.69) is 81.9 Å². The van der Waals surface area contributed by atoms with E-state index in [-0.39, 0.29) is 10.9 Å². The minimum atomic E-state index is -1.83. The van der Waals surface area contributed by atoms with Gasteiger partial charge in [-0.2, -0.15) is 5.10 Å². The highest BCUT2D eigenvalue weighted by molar-refractivity contribution is 6.74. The third-order valence-electron chi connectivity index (χ3n) is 8.95. The molecule has 1 aliphatic heterocycles. The maximum atomic E-state index is 15.9. The van der Waals surface area contributed by atoms with E-state index in [0.717, 1.165) is 47.7 Å². The molecule has 3 heterocycles. The van der Waals surface area contributed by atoms with Crippen molar-refractivity contribution in [3.63, 3.8) is 0 Å². The zero-order chi connectivity index (χ0) is 30.8. The third kappa shape index (κ3) is 7.08. The van der Waals surface area contributed by atoms with Gasteiger partial charge in [-0.15, -0.1) is 0 Å². The summed E-state index contributed by atoms with van der Waals surface area (Å²) in [6.45, 7) is 19.9. The number of aromatic nitrogens is 3. The predicted molar refractivity (Wildman–Crippen MR) is 174 cm³/mol. The van der Waals surface area contributed by atoms with Crippen molar-refractivity contribution < 1.29 is 13.6 Å². The Bertz CT molecular complexity index is 1530. The van der Waals surface area contributed by atoms with Crippen molar-refractivity contribution in [1.29, 1.82) is 0 Å². The molecule has 228 valence electrons. The van der Waals surface area contributed by atoms with Crippen molar-refractivity contribution in [2.24, 2.45) is 0 Å². The van der Waals surface area contributed by atoms with Crippen LogP contribution in [0.2, 0.25) is 18.1 Å². The average molecular weight is 601 g/mol. The molecule has 0 bridgehead atoms. The van der Waals surface area contributed by atoms with Crippen LogP contribution in [0.4, 0.5) is 4.39 Å². The van der Waals surface area contributed by atoms with Gasteiger partial charge < -0.3 is 9.16 Å². The maximum absolute atomic E-state index is 15.9. The lowest BCUT2D eigenvalue weighted by atomic mass is 9.98. The van der Waals surface area contributed by atoms with Gasteiger partial charge >= 0.3 is 0 Å². The molecule has 0 fully saturated rings. The largest absolute Gasteiger partial charge is 0.489 e. The van der Waals surface area contributed by atoms with Crippen molar-refractivity contribution in [3.8, 4) is 28.1 Å². The minimum absolute atomic E-state index is 0.173. The SMILES string of the molecule is CC(C)c1ccc(COc2ccc(-c3c(-c4ccncc4)nn4c3CN(CCO[Si](C)(C)C(C)(C)C)CC4)c(F)c2)cc1. The second kappa shape index (κ2) is 12.7. The van der Waals surface area contributed by atoms with Crippen LogP contribution in [0.15, 0.2) is 67.0 Å². The molecule has 5 rings (SSSR count). The molecule has 2 aromatic heterocycles. The van der Waals surface area contributed by atoms with Gasteiger partial charge in [0.2, 0.25) is 0 Å². The molecular weight excluding hydrogens is 555 g/mol. The van der Waals surface area contributed by atoms with Gasteiger partial charge in [-0.1, -0.05) is 58.9 Å². The van der Waals surface area contributed by atoms with Crippen LogP contribution in [-0.4, -0.2) is 47.7 Å². The van der Waals surface area contributed by atoms with Gasteiger partial charge in [0.1, 0.15) is 23.9 Å². The zero-order valence-electron chi connectivity index (χ0n) is 26.7. The van der Waals surface area contributed by atoms with E-state index in [1.54, 1.807) is 12.4 Å². The molecule has 0 unspecified atom stereocenters. The number of rotatable bonds is 10. The Morgan fingerprint density at radius 3 is 2.35 bits per heavy atom. The van der Waals surface area contributed by atoms with E-state index in [9.17, 15) is 0 Å². The van der Waals surface area contributed by atoms with E-state index < -0.39 is 8.32 Å². The van der Waals surface area contributed by atoms with Crippen LogP contribution in [0, 0.1) is 5.82 Å². The predicted octanol–water partition coefficient (Wildman–Crippen LogP) is 8.29. The summed E-state index contributed by atoms with van der Waals surface area (Å²) in [5.74, 6) is 0.660. The van der Waals surface area contributed by atoms with Crippen molar-refractivity contribution in [1.82, 2.24) is 19.7 Å². The Morgan fingerprint density at radius 1 is 0.977 bits per heavy atom. The van der Waals surface area contributed by atoms with Crippen LogP contribution < -0.4 is 4.74 Å². The summed E-state index contributed by atoms with van der Waals surface area (Å²) < 4.78 is 30.4. The average Bonchev–Trinajstić information content (AvgIpc) is 3.35. The number of pyridine rings is 1. The van der Waals surface area contributed by atoms with Crippen molar-refractivity contribution >= 4 is 8.32 Å². The number of benzene rings is 2. The first-order valence-corrected chi connectivity index (χ1v) is 18.2. The fraction of sp³-hybridized carbons (Fsp3) is 0.429. The Labute approximate surface area is 257 Å². The molecule has 1 aliphatic rings. The molecule has 0 amide bonds. The molecule has 8 heteroatoms. The molecule has 4 aromatic rings. The maximum Gasteiger partial charge on any atom is 0.192 e. The first kappa shape index (κ1) is 31.1. The number of fused-ring (bicyclic) bond motifs is 1. The summed E-state index contributed by atoms with van der Waals surface area (Å²) in [5, 5.41) is 5.15. The zero-order valence-corrected chi connectivity index (χ0v) is 27.7. The third-order valence-corrected chi connectivity index (χ3v) is 13.5. The smallest absolute Gasteiger partial charge is 0.192 e. The van der Waals surface area contributed by atoms with Gasteiger partial charge in [0.25, 0.3) is 0 Å². The summed E-state index contributed by atoms with van der Waals surface area (Å²) in [4.78, 5) is 6.57. The monoisotopic (exact) mass is 600 g/mol. The highest BCUT2D eigenvalue weighted by Gasteiger charge is 2.37. The quantitative estimate of drug-likeness (QED) is 0.171. The summed E-state index contributed by atoms with van der Waals surface area (Å²) in [6, 6.07) is 17.4. The molecule has 0 atom stereocenters. The number of ether oxygens (including phenoxy) is 1. The molecule has 0 aliphatic carbocycles. The first-order chi connectivity index (χ1) is 20.4. The van der Waals surface area contributed by atoms with E-state index >= 15 is 4.39 Å². The summed E-state index contributed by atoms with van der Waals surface area (Å²) in [6.07, 6.45) is 3.51. The lowest BCUT2D eigenvalue weighted by Crippen LogP contribution is -2.43.